The van der Waals surface area contributed by atoms with E-state index in [1.807, 2.05) is 29.8 Å². The average Bonchev–Trinajstić information content (AvgIpc) is 3.01. The molecule has 24 heavy (non-hydrogen) atoms. The number of allylic oxidation sites excluding steroid dienone is 1. The van der Waals surface area contributed by atoms with E-state index in [9.17, 15) is 0 Å². The first-order valence-electron chi connectivity index (χ1n) is 8.29. The number of anilines is 1. The molecule has 124 valence electrons. The highest BCUT2D eigenvalue weighted by molar-refractivity contribution is 5.53. The highest BCUT2D eigenvalue weighted by atomic mass is 15.3. The van der Waals surface area contributed by atoms with Crippen LogP contribution in [0, 0.1) is 6.92 Å². The first kappa shape index (κ1) is 16.1. The van der Waals surface area contributed by atoms with Crippen molar-refractivity contribution in [3.63, 3.8) is 0 Å². The number of imidazole rings is 1. The molecule has 0 fully saturated rings. The monoisotopic (exact) mass is 322 g/mol. The van der Waals surface area contributed by atoms with Crippen LogP contribution in [0.2, 0.25) is 0 Å². The molecule has 0 aliphatic carbocycles. The number of nitrogens with one attached hydrogen (secondary N) is 1. The number of aryl methyl sites for hydroxylation is 1. The number of hydrogen-bond acceptors (Lipinski definition) is 5. The largest absolute Gasteiger partial charge is 0.363 e. The van der Waals surface area contributed by atoms with E-state index in [1.165, 1.54) is 12.8 Å². The average molecular weight is 322 g/mol. The zero-order chi connectivity index (χ0) is 16.8. The summed E-state index contributed by atoms with van der Waals surface area (Å²) in [5.74, 6) is 0.783. The van der Waals surface area contributed by atoms with Crippen molar-refractivity contribution in [2.75, 3.05) is 5.32 Å². The highest BCUT2D eigenvalue weighted by Gasteiger charge is 2.04. The van der Waals surface area contributed by atoms with Gasteiger partial charge in [0, 0.05) is 6.20 Å². The summed E-state index contributed by atoms with van der Waals surface area (Å²) in [6, 6.07) is 3.88. The second-order valence-corrected chi connectivity index (χ2v) is 5.72. The zero-order valence-corrected chi connectivity index (χ0v) is 14.1. The molecule has 0 radical (unpaired) electrons. The summed E-state index contributed by atoms with van der Waals surface area (Å²) in [5, 5.41) is 7.89. The Hall–Kier alpha value is -2.76. The van der Waals surface area contributed by atoms with Crippen LogP contribution in [0.3, 0.4) is 0 Å². The zero-order valence-electron chi connectivity index (χ0n) is 14.1. The summed E-state index contributed by atoms with van der Waals surface area (Å²) in [6.45, 7) is 4.70. The molecule has 6 heteroatoms. The maximum atomic E-state index is 4.61. The van der Waals surface area contributed by atoms with Crippen molar-refractivity contribution in [3.8, 4) is 0 Å². The van der Waals surface area contributed by atoms with Crippen molar-refractivity contribution in [1.82, 2.24) is 24.6 Å². The molecule has 0 spiro atoms. The standard InChI is InChI=1S/C18H22N6/c1-3-4-5-6-7-16-13-22-18-9-8-17(23-24(16)18)21-12-15-11-19-14(2)10-20-15/h6-11,13H,3-5,12H2,1-2H3,(H,21,23). The van der Waals surface area contributed by atoms with E-state index in [4.69, 9.17) is 0 Å². The van der Waals surface area contributed by atoms with Crippen LogP contribution in [-0.2, 0) is 6.54 Å². The third-order valence-corrected chi connectivity index (χ3v) is 3.69. The van der Waals surface area contributed by atoms with Crippen LogP contribution in [0.25, 0.3) is 11.7 Å². The number of aromatic nitrogens is 5. The first-order chi connectivity index (χ1) is 11.8. The molecule has 1 N–H and O–H groups in total. The van der Waals surface area contributed by atoms with Gasteiger partial charge < -0.3 is 5.32 Å². The molecule has 0 bridgehead atoms. The SMILES string of the molecule is CCCCC=Cc1cnc2ccc(NCc3cnc(C)cn3)nn12. The van der Waals surface area contributed by atoms with Gasteiger partial charge >= 0.3 is 0 Å². The number of unbranched alkanes of at least 4 members (excludes halogenated alkanes) is 2. The molecular weight excluding hydrogens is 300 g/mol. The second-order valence-electron chi connectivity index (χ2n) is 5.72. The minimum Gasteiger partial charge on any atom is -0.363 e. The van der Waals surface area contributed by atoms with E-state index in [2.05, 4.69) is 44.4 Å². The van der Waals surface area contributed by atoms with Crippen molar-refractivity contribution >= 4 is 17.5 Å². The smallest absolute Gasteiger partial charge is 0.154 e. The lowest BCUT2D eigenvalue weighted by Gasteiger charge is -2.06. The van der Waals surface area contributed by atoms with Gasteiger partial charge in [0.15, 0.2) is 5.65 Å². The molecule has 0 aliphatic heterocycles. The molecule has 0 atom stereocenters. The highest BCUT2D eigenvalue weighted by Crippen LogP contribution is 2.12. The minimum atomic E-state index is 0.585. The van der Waals surface area contributed by atoms with Gasteiger partial charge in [0.1, 0.15) is 5.82 Å². The van der Waals surface area contributed by atoms with Gasteiger partial charge in [0.05, 0.1) is 36.0 Å². The van der Waals surface area contributed by atoms with Gasteiger partial charge in [-0.25, -0.2) is 9.50 Å². The summed E-state index contributed by atoms with van der Waals surface area (Å²) in [5.41, 5.74) is 3.62. The van der Waals surface area contributed by atoms with Crippen LogP contribution in [0.5, 0.6) is 0 Å². The summed E-state index contributed by atoms with van der Waals surface area (Å²) in [6.07, 6.45) is 13.1. The van der Waals surface area contributed by atoms with Crippen molar-refractivity contribution in [3.05, 3.63) is 53.9 Å². The van der Waals surface area contributed by atoms with Gasteiger partial charge in [-0.15, -0.1) is 5.10 Å². The van der Waals surface area contributed by atoms with Crippen molar-refractivity contribution in [1.29, 1.82) is 0 Å². The molecule has 3 aromatic heterocycles. The molecule has 3 aromatic rings. The maximum absolute atomic E-state index is 4.61. The van der Waals surface area contributed by atoms with E-state index in [-0.39, 0.29) is 0 Å². The lowest BCUT2D eigenvalue weighted by atomic mass is 10.2. The van der Waals surface area contributed by atoms with Gasteiger partial charge in [-0.3, -0.25) is 9.97 Å². The fourth-order valence-corrected chi connectivity index (χ4v) is 2.32. The lowest BCUT2D eigenvalue weighted by molar-refractivity contribution is 0.816. The Morgan fingerprint density at radius 1 is 1.12 bits per heavy atom. The summed E-state index contributed by atoms with van der Waals surface area (Å²) in [7, 11) is 0. The van der Waals surface area contributed by atoms with Crippen LogP contribution in [0.15, 0.2) is 36.8 Å². The van der Waals surface area contributed by atoms with Crippen molar-refractivity contribution in [2.45, 2.75) is 39.7 Å². The molecule has 0 aromatic carbocycles. The van der Waals surface area contributed by atoms with E-state index < -0.39 is 0 Å². The van der Waals surface area contributed by atoms with Crippen molar-refractivity contribution in [2.24, 2.45) is 0 Å². The Balaban J connectivity index is 1.72. The Morgan fingerprint density at radius 3 is 2.83 bits per heavy atom. The maximum Gasteiger partial charge on any atom is 0.154 e. The van der Waals surface area contributed by atoms with Crippen LogP contribution >= 0.6 is 0 Å². The van der Waals surface area contributed by atoms with Gasteiger partial charge in [0.2, 0.25) is 0 Å². The summed E-state index contributed by atoms with van der Waals surface area (Å²) >= 11 is 0. The summed E-state index contributed by atoms with van der Waals surface area (Å²) in [4.78, 5) is 13.0. The fraction of sp³-hybridized carbons (Fsp3) is 0.333. The Labute approximate surface area is 141 Å². The number of nitrogens with zero attached hydrogens (tertiary/aromatic N) is 5. The van der Waals surface area contributed by atoms with Crippen LogP contribution in [0.1, 0.15) is 43.3 Å². The van der Waals surface area contributed by atoms with Crippen LogP contribution in [0.4, 0.5) is 5.82 Å². The van der Waals surface area contributed by atoms with Crippen LogP contribution in [-0.4, -0.2) is 24.6 Å². The summed E-state index contributed by atoms with van der Waals surface area (Å²) < 4.78 is 1.85. The first-order valence-corrected chi connectivity index (χ1v) is 8.29. The molecule has 0 aliphatic rings. The van der Waals surface area contributed by atoms with Crippen LogP contribution < -0.4 is 5.32 Å². The Morgan fingerprint density at radius 2 is 2.04 bits per heavy atom. The van der Waals surface area contributed by atoms with Crippen molar-refractivity contribution < 1.29 is 0 Å². The number of rotatable bonds is 7. The molecule has 6 nitrogen and oxygen atoms in total. The molecule has 0 saturated carbocycles. The molecular formula is C18H22N6. The number of hydrogen-bond donors (Lipinski definition) is 1. The normalized spacial score (nSPS) is 11.4. The predicted molar refractivity (Wildman–Crippen MR) is 95.6 cm³/mol. The predicted octanol–water partition coefficient (Wildman–Crippen LogP) is 3.64. The third-order valence-electron chi connectivity index (χ3n) is 3.69. The van der Waals surface area contributed by atoms with Gasteiger partial charge in [0.25, 0.3) is 0 Å². The van der Waals surface area contributed by atoms with Gasteiger partial charge in [-0.1, -0.05) is 25.8 Å². The van der Waals surface area contributed by atoms with Gasteiger partial charge in [-0.2, -0.15) is 0 Å². The van der Waals surface area contributed by atoms with E-state index in [1.54, 1.807) is 12.4 Å². The molecule has 0 unspecified atom stereocenters. The lowest BCUT2D eigenvalue weighted by Crippen LogP contribution is -2.06. The Kier molecular flexibility index (Phi) is 5.15. The van der Waals surface area contributed by atoms with E-state index >= 15 is 0 Å². The fourth-order valence-electron chi connectivity index (χ4n) is 2.32. The topological polar surface area (TPSA) is 68.0 Å². The molecule has 0 amide bonds. The van der Waals surface area contributed by atoms with E-state index in [0.29, 0.717) is 6.54 Å². The van der Waals surface area contributed by atoms with Gasteiger partial charge in [-0.05, 0) is 31.6 Å². The quantitative estimate of drug-likeness (QED) is 0.673. The third kappa shape index (κ3) is 3.95. The molecule has 3 heterocycles. The molecule has 0 saturated heterocycles. The number of fused-ring (bicyclic) bond motifs is 1. The second kappa shape index (κ2) is 7.68. The molecule has 3 rings (SSSR count). The Bertz CT molecular complexity index is 819. The minimum absolute atomic E-state index is 0.585. The van der Waals surface area contributed by atoms with E-state index in [0.717, 1.165) is 35.0 Å².